The van der Waals surface area contributed by atoms with Crippen molar-refractivity contribution in [3.63, 3.8) is 0 Å². The average Bonchev–Trinajstić information content (AvgIpc) is 2.82. The van der Waals surface area contributed by atoms with Gasteiger partial charge in [0.2, 0.25) is 0 Å². The van der Waals surface area contributed by atoms with Gasteiger partial charge >= 0.3 is 5.97 Å². The number of ether oxygens (including phenoxy) is 2. The summed E-state index contributed by atoms with van der Waals surface area (Å²) in [4.78, 5) is 13.8. The quantitative estimate of drug-likeness (QED) is 0.550. The molecule has 0 spiro atoms. The molecule has 0 radical (unpaired) electrons. The summed E-state index contributed by atoms with van der Waals surface area (Å²) in [6.07, 6.45) is -0.106. The van der Waals surface area contributed by atoms with Gasteiger partial charge in [0.05, 0.1) is 24.9 Å². The van der Waals surface area contributed by atoms with E-state index >= 15 is 0 Å². The predicted octanol–water partition coefficient (Wildman–Crippen LogP) is 4.95. The minimum absolute atomic E-state index is 0.106. The summed E-state index contributed by atoms with van der Waals surface area (Å²) in [6, 6.07) is 21.4. The number of carboxylic acid groups (broad SMARTS) is 1. The number of fused-ring (bicyclic) bond motifs is 1. The fraction of sp³-hybridized carbons (Fsp3) is 0.269. The van der Waals surface area contributed by atoms with E-state index in [4.69, 9.17) is 9.47 Å². The minimum atomic E-state index is -0.920. The first-order chi connectivity index (χ1) is 15.5. The Bertz CT molecular complexity index is 1110. The Labute approximate surface area is 188 Å². The summed E-state index contributed by atoms with van der Waals surface area (Å²) in [5, 5.41) is 13.1. The Morgan fingerprint density at radius 3 is 2.69 bits per heavy atom. The number of aromatic carboxylic acids is 1. The monoisotopic (exact) mass is 432 g/mol. The highest BCUT2D eigenvalue weighted by molar-refractivity contribution is 5.92. The van der Waals surface area contributed by atoms with Gasteiger partial charge < -0.3 is 24.8 Å². The van der Waals surface area contributed by atoms with E-state index in [0.717, 1.165) is 34.0 Å². The van der Waals surface area contributed by atoms with Gasteiger partial charge in [-0.3, -0.25) is 0 Å². The maximum absolute atomic E-state index is 11.7. The number of nitrogens with one attached hydrogen (secondary N) is 1. The zero-order valence-electron chi connectivity index (χ0n) is 18.5. The number of anilines is 2. The van der Waals surface area contributed by atoms with Crippen LogP contribution in [0.1, 0.15) is 34.5 Å². The first-order valence-corrected chi connectivity index (χ1v) is 10.7. The van der Waals surface area contributed by atoms with Crippen molar-refractivity contribution in [2.45, 2.75) is 26.0 Å². The highest BCUT2D eigenvalue weighted by Gasteiger charge is 2.28. The fourth-order valence-corrected chi connectivity index (χ4v) is 4.12. The smallest absolute Gasteiger partial charge is 0.336 e. The largest absolute Gasteiger partial charge is 0.497 e. The molecule has 6 heteroatoms. The van der Waals surface area contributed by atoms with Crippen LogP contribution in [-0.4, -0.2) is 37.4 Å². The zero-order chi connectivity index (χ0) is 22.7. The van der Waals surface area contributed by atoms with Crippen LogP contribution >= 0.6 is 0 Å². The van der Waals surface area contributed by atoms with Gasteiger partial charge in [0, 0.05) is 18.3 Å². The van der Waals surface area contributed by atoms with Crippen LogP contribution in [0.15, 0.2) is 66.7 Å². The molecule has 0 fully saturated rings. The zero-order valence-corrected chi connectivity index (χ0v) is 18.5. The lowest BCUT2D eigenvalue weighted by atomic mass is 10.0. The second kappa shape index (κ2) is 9.32. The lowest BCUT2D eigenvalue weighted by molar-refractivity contribution is 0.0696. The molecule has 166 valence electrons. The van der Waals surface area contributed by atoms with Gasteiger partial charge in [-0.05, 0) is 61.4 Å². The molecule has 3 aromatic rings. The van der Waals surface area contributed by atoms with E-state index in [1.165, 1.54) is 0 Å². The molecule has 32 heavy (non-hydrogen) atoms. The normalized spacial score (nSPS) is 16.1. The third-order valence-electron chi connectivity index (χ3n) is 5.91. The highest BCUT2D eigenvalue weighted by atomic mass is 16.5. The SMILES string of the molecule is COc1cccc([C@@H](C)NCC2CN(c3cccc(C(=O)O)c3C)c3ccccc3O2)c1. The summed E-state index contributed by atoms with van der Waals surface area (Å²) < 4.78 is 11.6. The Kier molecular flexibility index (Phi) is 6.32. The molecular formula is C26H28N2O4. The minimum Gasteiger partial charge on any atom is -0.497 e. The van der Waals surface area contributed by atoms with E-state index in [2.05, 4.69) is 23.2 Å². The van der Waals surface area contributed by atoms with Crippen molar-refractivity contribution < 1.29 is 19.4 Å². The van der Waals surface area contributed by atoms with Crippen molar-refractivity contribution in [1.29, 1.82) is 0 Å². The molecule has 1 heterocycles. The molecule has 1 aliphatic rings. The van der Waals surface area contributed by atoms with E-state index in [9.17, 15) is 9.90 Å². The van der Waals surface area contributed by atoms with Crippen LogP contribution in [0.5, 0.6) is 11.5 Å². The van der Waals surface area contributed by atoms with Gasteiger partial charge in [-0.2, -0.15) is 0 Å². The Balaban J connectivity index is 1.56. The van der Waals surface area contributed by atoms with E-state index in [1.807, 2.05) is 55.5 Å². The van der Waals surface area contributed by atoms with Crippen molar-refractivity contribution in [1.82, 2.24) is 5.32 Å². The number of rotatable bonds is 7. The van der Waals surface area contributed by atoms with Crippen LogP contribution in [-0.2, 0) is 0 Å². The van der Waals surface area contributed by atoms with E-state index < -0.39 is 5.97 Å². The summed E-state index contributed by atoms with van der Waals surface area (Å²) >= 11 is 0. The number of carboxylic acids is 1. The molecule has 0 saturated carbocycles. The van der Waals surface area contributed by atoms with Crippen LogP contribution < -0.4 is 19.7 Å². The molecule has 0 aromatic heterocycles. The van der Waals surface area contributed by atoms with Gasteiger partial charge in [0.25, 0.3) is 0 Å². The predicted molar refractivity (Wildman–Crippen MR) is 125 cm³/mol. The number of carbonyl (C=O) groups is 1. The third kappa shape index (κ3) is 4.41. The molecule has 0 saturated heterocycles. The summed E-state index contributed by atoms with van der Waals surface area (Å²) in [5.74, 6) is 0.704. The molecule has 0 amide bonds. The molecule has 0 aliphatic carbocycles. The standard InChI is InChI=1S/C26H28N2O4/c1-17-22(26(29)30)10-7-12-23(17)28-16-21(32-25-13-5-4-11-24(25)28)15-27-18(2)19-8-6-9-20(14-19)31-3/h4-14,18,21,27H,15-16H2,1-3H3,(H,29,30)/t18-,21?/m1/s1. The van der Waals surface area contributed by atoms with E-state index in [1.54, 1.807) is 19.2 Å². The molecule has 2 N–H and O–H groups in total. The third-order valence-corrected chi connectivity index (χ3v) is 5.91. The Morgan fingerprint density at radius 2 is 1.91 bits per heavy atom. The molecule has 0 bridgehead atoms. The van der Waals surface area contributed by atoms with Crippen molar-refractivity contribution in [2.24, 2.45) is 0 Å². The topological polar surface area (TPSA) is 71.0 Å². The van der Waals surface area contributed by atoms with Crippen LogP contribution in [0.25, 0.3) is 0 Å². The van der Waals surface area contributed by atoms with Gasteiger partial charge in [-0.25, -0.2) is 4.79 Å². The maximum atomic E-state index is 11.7. The number of benzene rings is 3. The number of para-hydroxylation sites is 2. The van der Waals surface area contributed by atoms with Crippen LogP contribution in [0, 0.1) is 6.92 Å². The molecule has 2 atom stereocenters. The Hall–Kier alpha value is -3.51. The Morgan fingerprint density at radius 1 is 1.16 bits per heavy atom. The van der Waals surface area contributed by atoms with Gasteiger partial charge in [0.15, 0.2) is 0 Å². The van der Waals surface area contributed by atoms with E-state index in [-0.39, 0.29) is 12.1 Å². The second-order valence-electron chi connectivity index (χ2n) is 7.98. The molecule has 1 aliphatic heterocycles. The number of hydrogen-bond acceptors (Lipinski definition) is 5. The summed E-state index contributed by atoms with van der Waals surface area (Å²) in [7, 11) is 1.67. The molecular weight excluding hydrogens is 404 g/mol. The maximum Gasteiger partial charge on any atom is 0.336 e. The van der Waals surface area contributed by atoms with Crippen molar-refractivity contribution in [3.8, 4) is 11.5 Å². The highest BCUT2D eigenvalue weighted by Crippen LogP contribution is 2.39. The van der Waals surface area contributed by atoms with Crippen LogP contribution in [0.3, 0.4) is 0 Å². The van der Waals surface area contributed by atoms with Crippen LogP contribution in [0.4, 0.5) is 11.4 Å². The number of hydrogen-bond donors (Lipinski definition) is 2. The van der Waals surface area contributed by atoms with Gasteiger partial charge in [-0.1, -0.05) is 30.3 Å². The van der Waals surface area contributed by atoms with Crippen LogP contribution in [0.2, 0.25) is 0 Å². The van der Waals surface area contributed by atoms with Crippen molar-refractivity contribution in [2.75, 3.05) is 25.1 Å². The first kappa shape index (κ1) is 21.7. The molecule has 1 unspecified atom stereocenters. The lowest BCUT2D eigenvalue weighted by Crippen LogP contribution is -2.44. The van der Waals surface area contributed by atoms with Crippen molar-refractivity contribution in [3.05, 3.63) is 83.4 Å². The number of nitrogens with zero attached hydrogens (tertiary/aromatic N) is 1. The molecule has 3 aromatic carbocycles. The molecule has 6 nitrogen and oxygen atoms in total. The fourth-order valence-electron chi connectivity index (χ4n) is 4.12. The summed E-state index contributed by atoms with van der Waals surface area (Å²) in [6.45, 7) is 5.22. The van der Waals surface area contributed by atoms with Crippen molar-refractivity contribution >= 4 is 17.3 Å². The second-order valence-corrected chi connectivity index (χ2v) is 7.98. The van der Waals surface area contributed by atoms with Gasteiger partial charge in [-0.15, -0.1) is 0 Å². The average molecular weight is 433 g/mol. The van der Waals surface area contributed by atoms with Gasteiger partial charge in [0.1, 0.15) is 17.6 Å². The molecule has 4 rings (SSSR count). The summed E-state index contributed by atoms with van der Waals surface area (Å²) in [5.41, 5.74) is 4.02. The first-order valence-electron chi connectivity index (χ1n) is 10.7. The number of methoxy groups -OCH3 is 1. The lowest BCUT2D eigenvalue weighted by Gasteiger charge is -2.37. The van der Waals surface area contributed by atoms with E-state index in [0.29, 0.717) is 18.7 Å².